The fourth-order valence-electron chi connectivity index (χ4n) is 10.8. The molecule has 2 atom stereocenters. The van der Waals surface area contributed by atoms with E-state index in [2.05, 4.69) is 220 Å². The number of carboxylic acids is 1. The molecule has 0 spiro atoms. The molecule has 0 aliphatic heterocycles. The van der Waals surface area contributed by atoms with Crippen molar-refractivity contribution in [3.05, 3.63) is 207 Å². The minimum absolute atomic E-state index is 0.179. The van der Waals surface area contributed by atoms with E-state index in [1.165, 1.54) is 128 Å². The van der Waals surface area contributed by atoms with Gasteiger partial charge in [-0.05, 0) is 148 Å². The molecule has 2 unspecified atom stereocenters. The average molecular weight is 1420 g/mol. The summed E-state index contributed by atoms with van der Waals surface area (Å²) in [4.78, 5) is 37.8. The summed E-state index contributed by atoms with van der Waals surface area (Å²) in [5, 5.41) is 9.78. The van der Waals surface area contributed by atoms with Crippen molar-refractivity contribution in [2.75, 3.05) is 47.5 Å². The van der Waals surface area contributed by atoms with Gasteiger partial charge in [0, 0.05) is 12.8 Å². The maximum Gasteiger partial charge on any atom is 0.361 e. The minimum atomic E-state index is -1.52. The molecule has 0 aromatic rings. The predicted molar refractivity (Wildman–Crippen MR) is 446 cm³/mol. The summed E-state index contributed by atoms with van der Waals surface area (Å²) < 4.78 is 23.0. The summed E-state index contributed by atoms with van der Waals surface area (Å²) in [7, 11) is 5.98. The van der Waals surface area contributed by atoms with Crippen LogP contribution in [0.2, 0.25) is 0 Å². The van der Waals surface area contributed by atoms with Crippen molar-refractivity contribution < 1.29 is 42.9 Å². The van der Waals surface area contributed by atoms with Gasteiger partial charge >= 0.3 is 17.9 Å². The van der Waals surface area contributed by atoms with Crippen LogP contribution < -0.4 is 0 Å². The number of allylic oxidation sites excluding steroid dienone is 34. The van der Waals surface area contributed by atoms with E-state index in [-0.39, 0.29) is 38.6 Å². The molecule has 0 radical (unpaired) electrons. The molecule has 0 amide bonds. The van der Waals surface area contributed by atoms with Crippen molar-refractivity contribution in [3.63, 3.8) is 0 Å². The van der Waals surface area contributed by atoms with Crippen LogP contribution >= 0.6 is 0 Å². The summed E-state index contributed by atoms with van der Waals surface area (Å²) in [5.41, 5.74) is 0. The van der Waals surface area contributed by atoms with Crippen LogP contribution in [0.3, 0.4) is 0 Å². The Bertz CT molecular complexity index is 2460. The van der Waals surface area contributed by atoms with Crippen LogP contribution in [0.15, 0.2) is 207 Å². The Kier molecular flexibility index (Phi) is 76.7. The quantitative estimate of drug-likeness (QED) is 0.0211. The molecule has 0 saturated carbocycles. The highest BCUT2D eigenvalue weighted by atomic mass is 16.7. The first-order valence-electron chi connectivity index (χ1n) is 41.2. The molecule has 103 heavy (non-hydrogen) atoms. The number of esters is 2. The lowest BCUT2D eigenvalue weighted by Crippen LogP contribution is -2.40. The maximum atomic E-state index is 13.0. The molecule has 0 aliphatic carbocycles. The third-order valence-corrected chi connectivity index (χ3v) is 17.0. The van der Waals surface area contributed by atoms with E-state index in [4.69, 9.17) is 18.9 Å². The molecule has 0 bridgehead atoms. The number of carbonyl (C=O) groups is 3. The van der Waals surface area contributed by atoms with Gasteiger partial charge in [-0.25, -0.2) is 4.79 Å². The van der Waals surface area contributed by atoms with Crippen LogP contribution in [0.4, 0.5) is 0 Å². The number of carbonyl (C=O) groups excluding carboxylic acids is 2. The van der Waals surface area contributed by atoms with Crippen molar-refractivity contribution in [3.8, 4) is 0 Å². The highest BCUT2D eigenvalue weighted by molar-refractivity contribution is 5.71. The van der Waals surface area contributed by atoms with Crippen molar-refractivity contribution in [2.24, 2.45) is 0 Å². The molecule has 0 aromatic heterocycles. The molecule has 1 N–H and O–H groups in total. The summed E-state index contributed by atoms with van der Waals surface area (Å²) in [6.07, 6.45) is 124. The number of aliphatic carboxylic acids is 1. The number of rotatable bonds is 74. The Morgan fingerprint density at radius 2 is 0.524 bits per heavy atom. The fourth-order valence-corrected chi connectivity index (χ4v) is 10.8. The SMILES string of the molecule is CC/C=C\C/C=C\C/C=C\C/C=C\C/C=C\C/C=C\C/C=C\C/C=C\C/C=C\CCCCCCCCCCCCCCCC(=O)OC(COC(=O)CCCCCCCCCCCCCC/C=C\C/C=C\C/C=C\C/C=C\C/C=C\C/C=C\C/C=C\C/C=C\CC)COC(OCC[N+](C)(C)C)C(=O)O. The van der Waals surface area contributed by atoms with Gasteiger partial charge in [-0.3, -0.25) is 9.59 Å². The molecular formula is C94H152NO8+. The first-order chi connectivity index (χ1) is 50.6. The Morgan fingerprint density at radius 3 is 0.777 bits per heavy atom. The maximum absolute atomic E-state index is 13.0. The lowest BCUT2D eigenvalue weighted by Gasteiger charge is -2.25. The van der Waals surface area contributed by atoms with Crippen molar-refractivity contribution in [1.29, 1.82) is 0 Å². The number of unbranched alkanes of at least 4 members (excludes halogenated alkanes) is 25. The lowest BCUT2D eigenvalue weighted by atomic mass is 10.0. The van der Waals surface area contributed by atoms with E-state index in [0.29, 0.717) is 17.4 Å². The zero-order chi connectivity index (χ0) is 74.6. The first kappa shape index (κ1) is 96.9. The highest BCUT2D eigenvalue weighted by Crippen LogP contribution is 2.17. The summed E-state index contributed by atoms with van der Waals surface area (Å²) in [5.74, 6) is -2.02. The van der Waals surface area contributed by atoms with E-state index in [1.54, 1.807) is 0 Å². The molecule has 9 nitrogen and oxygen atoms in total. The minimum Gasteiger partial charge on any atom is -0.477 e. The van der Waals surface area contributed by atoms with Gasteiger partial charge in [0.2, 0.25) is 0 Å². The standard InChI is InChI=1S/C94H151NO8/c1-6-8-10-12-14-16-18-20-22-24-26-28-30-32-34-36-38-40-42-44-45-46-47-49-51-53-55-57-59-61-63-65-67-69-71-73-75-77-79-81-83-85-92(97)103-90(89-102-94(93(98)99)100-87-86-95(3,4)5)88-101-91(96)84-82-80-78-76-74-72-70-68-66-64-62-60-58-56-54-52-50-48-43-41-39-37-35-33-31-29-27-25-23-21-19-17-15-13-11-9-7-2/h8-11,14-17,20-23,26-29,32-35,38-41,44-45,47-50,53-56,90,94H,6-7,12-13,18-19,24-25,30-31,36-37,42-43,46,51-52,57-89H2,1-5H3/p+1/b10-8-,11-9-,16-14-,17-15-,22-20-,23-21-,28-26-,29-27-,34-32-,35-33-,40-38-,41-39-,45-44-,49-47-,50-48-,55-53-,56-54-. The topological polar surface area (TPSA) is 108 Å². The lowest BCUT2D eigenvalue weighted by molar-refractivity contribution is -0.870. The molecule has 0 fully saturated rings. The first-order valence-corrected chi connectivity index (χ1v) is 41.2. The number of carboxylic acid groups (broad SMARTS) is 1. The summed E-state index contributed by atoms with van der Waals surface area (Å²) in [6.45, 7) is 4.64. The van der Waals surface area contributed by atoms with E-state index >= 15 is 0 Å². The van der Waals surface area contributed by atoms with Gasteiger partial charge in [0.25, 0.3) is 6.29 Å². The van der Waals surface area contributed by atoms with Crippen LogP contribution in [0, 0.1) is 0 Å². The van der Waals surface area contributed by atoms with Crippen LogP contribution in [0.1, 0.15) is 309 Å². The molecule has 0 heterocycles. The highest BCUT2D eigenvalue weighted by Gasteiger charge is 2.25. The molecule has 0 aromatic carbocycles. The molecule has 0 saturated heterocycles. The third kappa shape index (κ3) is 83.0. The second kappa shape index (κ2) is 81.5. The average Bonchev–Trinajstić information content (AvgIpc) is 1.01. The van der Waals surface area contributed by atoms with Crippen molar-refractivity contribution >= 4 is 17.9 Å². The van der Waals surface area contributed by atoms with E-state index < -0.39 is 24.3 Å². The number of hydrogen-bond acceptors (Lipinski definition) is 7. The van der Waals surface area contributed by atoms with Gasteiger partial charge in [0.1, 0.15) is 13.2 Å². The number of likely N-dealkylation sites (N-methyl/N-ethyl adjacent to an activating group) is 1. The van der Waals surface area contributed by atoms with Gasteiger partial charge in [-0.15, -0.1) is 0 Å². The molecular weight excluding hydrogens is 1270 g/mol. The van der Waals surface area contributed by atoms with Crippen LogP contribution in [0.25, 0.3) is 0 Å². The van der Waals surface area contributed by atoms with E-state index in [9.17, 15) is 19.5 Å². The van der Waals surface area contributed by atoms with Gasteiger partial charge in [0.05, 0.1) is 34.4 Å². The van der Waals surface area contributed by atoms with Gasteiger partial charge in [-0.2, -0.15) is 0 Å². The Balaban J connectivity index is 4.10. The van der Waals surface area contributed by atoms with E-state index in [1.807, 2.05) is 21.1 Å². The monoisotopic (exact) mass is 1420 g/mol. The predicted octanol–water partition coefficient (Wildman–Crippen LogP) is 27.0. The zero-order valence-electron chi connectivity index (χ0n) is 66.4. The van der Waals surface area contributed by atoms with Crippen LogP contribution in [-0.4, -0.2) is 87.4 Å². The summed E-state index contributed by atoms with van der Waals surface area (Å²) >= 11 is 0. The zero-order valence-corrected chi connectivity index (χ0v) is 66.4. The van der Waals surface area contributed by atoms with Gasteiger partial charge in [-0.1, -0.05) is 355 Å². The normalized spacial score (nSPS) is 13.8. The Hall–Kier alpha value is -6.13. The number of ether oxygens (including phenoxy) is 4. The number of hydrogen-bond donors (Lipinski definition) is 1. The molecule has 9 heteroatoms. The molecule has 0 aliphatic rings. The third-order valence-electron chi connectivity index (χ3n) is 17.0. The molecule has 0 rings (SSSR count). The fraction of sp³-hybridized carbons (Fsp3) is 0.606. The largest absolute Gasteiger partial charge is 0.477 e. The number of nitrogens with zero attached hydrogens (tertiary/aromatic N) is 1. The Labute approximate surface area is 633 Å². The second-order valence-corrected chi connectivity index (χ2v) is 28.0. The van der Waals surface area contributed by atoms with Gasteiger partial charge < -0.3 is 28.5 Å². The smallest absolute Gasteiger partial charge is 0.361 e. The van der Waals surface area contributed by atoms with Crippen molar-refractivity contribution in [2.45, 2.75) is 322 Å². The van der Waals surface area contributed by atoms with Crippen LogP contribution in [0.5, 0.6) is 0 Å². The van der Waals surface area contributed by atoms with Crippen molar-refractivity contribution in [1.82, 2.24) is 0 Å². The number of quaternary nitrogens is 1. The Morgan fingerprint density at radius 1 is 0.291 bits per heavy atom. The van der Waals surface area contributed by atoms with E-state index in [0.717, 1.165) is 148 Å². The summed E-state index contributed by atoms with van der Waals surface area (Å²) in [6, 6.07) is 0. The molecule has 580 valence electrons. The van der Waals surface area contributed by atoms with Gasteiger partial charge in [0.15, 0.2) is 6.10 Å². The second-order valence-electron chi connectivity index (χ2n) is 28.0. The van der Waals surface area contributed by atoms with Crippen LogP contribution in [-0.2, 0) is 33.3 Å².